The van der Waals surface area contributed by atoms with Crippen LogP contribution in [-0.2, 0) is 17.4 Å². The van der Waals surface area contributed by atoms with Gasteiger partial charge in [-0.3, -0.25) is 4.79 Å². The van der Waals surface area contributed by atoms with Crippen LogP contribution in [0.2, 0.25) is 0 Å². The SMILES string of the molecule is COc1ccc([C@@H]2Cc3c(cccc3C(F)(F)F)N(C[C@H]3CCCN3)C(=O)[C@@H]2O)cc1. The number of nitrogens with one attached hydrogen (secondary N) is 1. The molecule has 166 valence electrons. The van der Waals surface area contributed by atoms with Crippen molar-refractivity contribution < 1.29 is 27.8 Å². The minimum absolute atomic E-state index is 0.0175. The molecule has 0 aromatic heterocycles. The lowest BCUT2D eigenvalue weighted by Crippen LogP contribution is -2.46. The molecule has 0 bridgehead atoms. The minimum atomic E-state index is -4.56. The molecule has 2 aliphatic heterocycles. The smallest absolute Gasteiger partial charge is 0.416 e. The van der Waals surface area contributed by atoms with Crippen molar-refractivity contribution in [3.8, 4) is 5.75 Å². The topological polar surface area (TPSA) is 61.8 Å². The number of benzene rings is 2. The molecule has 8 heteroatoms. The predicted molar refractivity (Wildman–Crippen MR) is 110 cm³/mol. The van der Waals surface area contributed by atoms with Gasteiger partial charge in [-0.05, 0) is 61.2 Å². The lowest BCUT2D eigenvalue weighted by molar-refractivity contribution is -0.138. The van der Waals surface area contributed by atoms with Gasteiger partial charge in [0.15, 0.2) is 0 Å². The second-order valence-corrected chi connectivity index (χ2v) is 8.07. The highest BCUT2D eigenvalue weighted by Crippen LogP contribution is 2.42. The van der Waals surface area contributed by atoms with Crippen molar-refractivity contribution >= 4 is 11.6 Å². The zero-order valence-electron chi connectivity index (χ0n) is 17.2. The van der Waals surface area contributed by atoms with Crippen LogP contribution >= 0.6 is 0 Å². The third-order valence-corrected chi connectivity index (χ3v) is 6.18. The molecule has 0 radical (unpaired) electrons. The van der Waals surface area contributed by atoms with Crippen LogP contribution in [0.1, 0.15) is 35.4 Å². The van der Waals surface area contributed by atoms with E-state index in [-0.39, 0.29) is 30.3 Å². The first-order valence-electron chi connectivity index (χ1n) is 10.4. The third-order valence-electron chi connectivity index (χ3n) is 6.18. The zero-order chi connectivity index (χ0) is 22.2. The first kappa shape index (κ1) is 21.6. The highest BCUT2D eigenvalue weighted by atomic mass is 19.4. The Morgan fingerprint density at radius 1 is 1.19 bits per heavy atom. The van der Waals surface area contributed by atoms with Gasteiger partial charge in [-0.2, -0.15) is 13.2 Å². The van der Waals surface area contributed by atoms with Crippen molar-refractivity contribution in [2.45, 2.75) is 43.5 Å². The molecule has 0 unspecified atom stereocenters. The molecule has 5 nitrogen and oxygen atoms in total. The molecule has 2 aliphatic rings. The van der Waals surface area contributed by atoms with Gasteiger partial charge in [0, 0.05) is 24.2 Å². The molecule has 2 heterocycles. The van der Waals surface area contributed by atoms with E-state index < -0.39 is 29.7 Å². The lowest BCUT2D eigenvalue weighted by Gasteiger charge is -2.28. The van der Waals surface area contributed by atoms with Gasteiger partial charge in [-0.25, -0.2) is 0 Å². The lowest BCUT2D eigenvalue weighted by atomic mass is 9.86. The fourth-order valence-electron chi connectivity index (χ4n) is 4.56. The summed E-state index contributed by atoms with van der Waals surface area (Å²) >= 11 is 0. The molecule has 2 aromatic carbocycles. The van der Waals surface area contributed by atoms with Gasteiger partial charge in [-0.15, -0.1) is 0 Å². The Morgan fingerprint density at radius 3 is 2.55 bits per heavy atom. The summed E-state index contributed by atoms with van der Waals surface area (Å²) in [5.41, 5.74) is 0.0857. The standard InChI is InChI=1S/C23H25F3N2O3/c1-31-16-9-7-14(8-10-16)17-12-18-19(23(24,25)26)5-2-6-20(18)28(22(30)21(17)29)13-15-4-3-11-27-15/h2,5-10,15,17,21,27,29H,3-4,11-13H2,1H3/t15-,17+,21-/m1/s1. The van der Waals surface area contributed by atoms with Crippen LogP contribution in [0.15, 0.2) is 42.5 Å². The fourth-order valence-corrected chi connectivity index (χ4v) is 4.56. The van der Waals surface area contributed by atoms with Crippen molar-refractivity contribution in [2.75, 3.05) is 25.1 Å². The number of carbonyl (C=O) groups excluding carboxylic acids is 1. The molecule has 1 fully saturated rings. The van der Waals surface area contributed by atoms with Crippen molar-refractivity contribution in [1.29, 1.82) is 0 Å². The second-order valence-electron chi connectivity index (χ2n) is 8.07. The van der Waals surface area contributed by atoms with Crippen molar-refractivity contribution in [3.05, 3.63) is 59.2 Å². The van der Waals surface area contributed by atoms with E-state index in [1.807, 2.05) is 0 Å². The van der Waals surface area contributed by atoms with Gasteiger partial charge in [0.05, 0.1) is 12.7 Å². The molecule has 3 atom stereocenters. The highest BCUT2D eigenvalue weighted by molar-refractivity contribution is 5.99. The Morgan fingerprint density at radius 2 is 1.94 bits per heavy atom. The van der Waals surface area contributed by atoms with Crippen LogP contribution in [0.4, 0.5) is 18.9 Å². The van der Waals surface area contributed by atoms with E-state index in [9.17, 15) is 23.1 Å². The second kappa shape index (κ2) is 8.51. The summed E-state index contributed by atoms with van der Waals surface area (Å²) in [7, 11) is 1.51. The highest BCUT2D eigenvalue weighted by Gasteiger charge is 2.42. The number of halogens is 3. The van der Waals surface area contributed by atoms with Crippen LogP contribution in [0, 0.1) is 0 Å². The average molecular weight is 434 g/mol. The van der Waals surface area contributed by atoms with Crippen LogP contribution in [-0.4, -0.2) is 43.4 Å². The van der Waals surface area contributed by atoms with Gasteiger partial charge >= 0.3 is 6.18 Å². The van der Waals surface area contributed by atoms with Gasteiger partial charge in [0.25, 0.3) is 5.91 Å². The molecule has 4 rings (SSSR count). The van der Waals surface area contributed by atoms with Crippen molar-refractivity contribution in [1.82, 2.24) is 5.32 Å². The van der Waals surface area contributed by atoms with E-state index in [4.69, 9.17) is 4.74 Å². The maximum absolute atomic E-state index is 13.9. The third kappa shape index (κ3) is 4.27. The minimum Gasteiger partial charge on any atom is -0.497 e. The summed E-state index contributed by atoms with van der Waals surface area (Å²) in [5, 5.41) is 14.3. The molecule has 0 aliphatic carbocycles. The fraction of sp³-hybridized carbons (Fsp3) is 0.435. The first-order valence-corrected chi connectivity index (χ1v) is 10.4. The number of carbonyl (C=O) groups is 1. The first-order chi connectivity index (χ1) is 14.8. The largest absolute Gasteiger partial charge is 0.497 e. The molecule has 31 heavy (non-hydrogen) atoms. The number of rotatable bonds is 4. The zero-order valence-corrected chi connectivity index (χ0v) is 17.2. The van der Waals surface area contributed by atoms with E-state index in [2.05, 4.69) is 5.32 Å². The van der Waals surface area contributed by atoms with Crippen LogP contribution in [0.25, 0.3) is 0 Å². The number of hydrogen-bond donors (Lipinski definition) is 2. The summed E-state index contributed by atoms with van der Waals surface area (Å²) in [5.74, 6) is -0.793. The number of ether oxygens (including phenoxy) is 1. The molecule has 0 spiro atoms. The Bertz CT molecular complexity index is 940. The molecule has 1 amide bonds. The van der Waals surface area contributed by atoms with Crippen LogP contribution < -0.4 is 15.0 Å². The molecule has 0 saturated carbocycles. The molecular formula is C23H25F3N2O3. The number of anilines is 1. The normalized spacial score (nSPS) is 24.1. The average Bonchev–Trinajstić information content (AvgIpc) is 3.24. The molecule has 1 saturated heterocycles. The van der Waals surface area contributed by atoms with E-state index >= 15 is 0 Å². The molecular weight excluding hydrogens is 409 g/mol. The van der Waals surface area contributed by atoms with Crippen LogP contribution in [0.3, 0.4) is 0 Å². The van der Waals surface area contributed by atoms with Gasteiger partial charge in [0.1, 0.15) is 11.9 Å². The Balaban J connectivity index is 1.81. The summed E-state index contributed by atoms with van der Waals surface area (Å²) in [4.78, 5) is 14.6. The quantitative estimate of drug-likeness (QED) is 0.773. The van der Waals surface area contributed by atoms with Gasteiger partial charge in [0.2, 0.25) is 0 Å². The number of alkyl halides is 3. The van der Waals surface area contributed by atoms with Crippen LogP contribution in [0.5, 0.6) is 5.75 Å². The molecule has 2 aromatic rings. The number of hydrogen-bond acceptors (Lipinski definition) is 4. The van der Waals surface area contributed by atoms with E-state index in [0.717, 1.165) is 25.5 Å². The van der Waals surface area contributed by atoms with Gasteiger partial charge in [-0.1, -0.05) is 18.2 Å². The number of amides is 1. The Hall–Kier alpha value is -2.58. The number of nitrogens with zero attached hydrogens (tertiary/aromatic N) is 1. The monoisotopic (exact) mass is 434 g/mol. The summed E-state index contributed by atoms with van der Waals surface area (Å²) in [6, 6.07) is 10.6. The van der Waals surface area contributed by atoms with Gasteiger partial charge < -0.3 is 20.1 Å². The maximum atomic E-state index is 13.9. The number of aliphatic hydroxyl groups excluding tert-OH is 1. The number of methoxy groups -OCH3 is 1. The number of fused-ring (bicyclic) bond motifs is 1. The van der Waals surface area contributed by atoms with E-state index in [0.29, 0.717) is 11.3 Å². The van der Waals surface area contributed by atoms with E-state index in [1.165, 1.54) is 18.1 Å². The van der Waals surface area contributed by atoms with E-state index in [1.54, 1.807) is 30.3 Å². The summed E-state index contributed by atoms with van der Waals surface area (Å²) in [6.45, 7) is 1.03. The predicted octanol–water partition coefficient (Wildman–Crippen LogP) is 3.50. The Kier molecular flexibility index (Phi) is 5.94. The summed E-state index contributed by atoms with van der Waals surface area (Å²) in [6.07, 6.45) is -4.34. The Labute approximate surface area is 178 Å². The number of aliphatic hydroxyl groups is 1. The maximum Gasteiger partial charge on any atom is 0.416 e. The summed E-state index contributed by atoms with van der Waals surface area (Å²) < 4.78 is 46.8. The molecule has 2 N–H and O–H groups in total. The van der Waals surface area contributed by atoms with Crippen molar-refractivity contribution in [3.63, 3.8) is 0 Å². The van der Waals surface area contributed by atoms with Crippen molar-refractivity contribution in [2.24, 2.45) is 0 Å².